The van der Waals surface area contributed by atoms with Gasteiger partial charge in [0.15, 0.2) is 0 Å². The van der Waals surface area contributed by atoms with Gasteiger partial charge in [-0.2, -0.15) is 10.2 Å². The molecule has 0 bridgehead atoms. The molecule has 0 unspecified atom stereocenters. The topological polar surface area (TPSA) is 90.4 Å². The number of aromatic nitrogens is 2. The lowest BCUT2D eigenvalue weighted by Gasteiger charge is -1.96. The molecule has 0 saturated carbocycles. The summed E-state index contributed by atoms with van der Waals surface area (Å²) in [5.41, 5.74) is 4.56. The van der Waals surface area contributed by atoms with E-state index in [-0.39, 0.29) is 17.3 Å². The van der Waals surface area contributed by atoms with E-state index in [2.05, 4.69) is 20.7 Å². The second-order valence-corrected chi connectivity index (χ2v) is 4.96. The predicted octanol–water partition coefficient (Wildman–Crippen LogP) is 2.69. The van der Waals surface area contributed by atoms with E-state index < -0.39 is 5.91 Å². The second-order valence-electron chi connectivity index (χ2n) is 4.96. The highest BCUT2D eigenvalue weighted by atomic mass is 19.1. The fraction of sp³-hybridized carbons (Fsp3) is 0. The van der Waals surface area contributed by atoms with Gasteiger partial charge >= 0.3 is 0 Å². The smallest absolute Gasteiger partial charge is 0.289 e. The molecule has 0 aliphatic carbocycles. The molecule has 3 aromatic rings. The Hall–Kier alpha value is -3.48. The molecule has 0 saturated heterocycles. The van der Waals surface area contributed by atoms with Crippen LogP contribution in [0.1, 0.15) is 16.1 Å². The van der Waals surface area contributed by atoms with Gasteiger partial charge in [0.2, 0.25) is 0 Å². The first-order valence-electron chi connectivity index (χ1n) is 7.05. The van der Waals surface area contributed by atoms with Crippen molar-refractivity contribution in [2.75, 3.05) is 0 Å². The number of benzene rings is 2. The Morgan fingerprint density at radius 3 is 2.58 bits per heavy atom. The average molecular weight is 324 g/mol. The first-order valence-corrected chi connectivity index (χ1v) is 7.05. The molecule has 0 radical (unpaired) electrons. The maximum absolute atomic E-state index is 12.9. The van der Waals surface area contributed by atoms with E-state index in [1.807, 2.05) is 0 Å². The average Bonchev–Trinajstić information content (AvgIpc) is 3.07. The Morgan fingerprint density at radius 2 is 1.88 bits per heavy atom. The SMILES string of the molecule is O=C(NN=Cc1ccc(O)cc1)c1cc(-c2ccc(F)cc2)n[nH]1. The van der Waals surface area contributed by atoms with Gasteiger partial charge in [0, 0.05) is 5.56 Å². The molecule has 3 N–H and O–H groups in total. The minimum Gasteiger partial charge on any atom is -0.508 e. The van der Waals surface area contributed by atoms with Crippen LogP contribution in [0.2, 0.25) is 0 Å². The van der Waals surface area contributed by atoms with E-state index >= 15 is 0 Å². The Labute approximate surface area is 136 Å². The summed E-state index contributed by atoms with van der Waals surface area (Å²) in [7, 11) is 0. The van der Waals surface area contributed by atoms with Crippen LogP contribution in [0.3, 0.4) is 0 Å². The zero-order valence-corrected chi connectivity index (χ0v) is 12.4. The molecule has 2 aromatic carbocycles. The second kappa shape index (κ2) is 6.74. The number of nitrogens with one attached hydrogen (secondary N) is 2. The number of hydrazone groups is 1. The number of hydrogen-bond acceptors (Lipinski definition) is 4. The number of hydrogen-bond donors (Lipinski definition) is 3. The Morgan fingerprint density at radius 1 is 1.17 bits per heavy atom. The minimum absolute atomic E-state index is 0.155. The zero-order valence-electron chi connectivity index (χ0n) is 12.4. The summed E-state index contributed by atoms with van der Waals surface area (Å²) < 4.78 is 12.9. The highest BCUT2D eigenvalue weighted by Gasteiger charge is 2.10. The summed E-state index contributed by atoms with van der Waals surface area (Å²) >= 11 is 0. The van der Waals surface area contributed by atoms with Gasteiger partial charge in [-0.1, -0.05) is 0 Å². The van der Waals surface area contributed by atoms with E-state index in [1.54, 1.807) is 30.3 Å². The summed E-state index contributed by atoms with van der Waals surface area (Å²) in [5, 5.41) is 19.7. The molecule has 120 valence electrons. The summed E-state index contributed by atoms with van der Waals surface area (Å²) in [6, 6.07) is 13.7. The van der Waals surface area contributed by atoms with Gasteiger partial charge in [0.25, 0.3) is 5.91 Å². The summed E-state index contributed by atoms with van der Waals surface area (Å²) in [6.07, 6.45) is 1.45. The van der Waals surface area contributed by atoms with Crippen molar-refractivity contribution >= 4 is 12.1 Å². The molecule has 1 aromatic heterocycles. The molecule has 0 aliphatic rings. The summed E-state index contributed by atoms with van der Waals surface area (Å²) in [6.45, 7) is 0. The van der Waals surface area contributed by atoms with Gasteiger partial charge in [0.05, 0.1) is 11.9 Å². The molecule has 0 fully saturated rings. The first kappa shape index (κ1) is 15.4. The van der Waals surface area contributed by atoms with E-state index in [9.17, 15) is 14.3 Å². The van der Waals surface area contributed by atoms with Gasteiger partial charge in [0.1, 0.15) is 17.3 Å². The van der Waals surface area contributed by atoms with Crippen LogP contribution in [0.15, 0.2) is 59.7 Å². The van der Waals surface area contributed by atoms with Gasteiger partial charge in [-0.3, -0.25) is 9.89 Å². The quantitative estimate of drug-likeness (QED) is 0.509. The van der Waals surface area contributed by atoms with Crippen molar-refractivity contribution in [3.63, 3.8) is 0 Å². The molecule has 6 nitrogen and oxygen atoms in total. The number of aromatic hydroxyl groups is 1. The lowest BCUT2D eigenvalue weighted by atomic mass is 10.1. The summed E-state index contributed by atoms with van der Waals surface area (Å²) in [5.74, 6) is -0.635. The maximum atomic E-state index is 12.9. The number of H-pyrrole nitrogens is 1. The van der Waals surface area contributed by atoms with Gasteiger partial charge < -0.3 is 5.11 Å². The van der Waals surface area contributed by atoms with E-state index in [4.69, 9.17) is 0 Å². The van der Waals surface area contributed by atoms with Crippen molar-refractivity contribution in [1.29, 1.82) is 0 Å². The third kappa shape index (κ3) is 3.64. The lowest BCUT2D eigenvalue weighted by molar-refractivity contribution is 0.0950. The van der Waals surface area contributed by atoms with Crippen molar-refractivity contribution in [3.05, 3.63) is 71.7 Å². The van der Waals surface area contributed by atoms with Gasteiger partial charge in [-0.15, -0.1) is 0 Å². The maximum Gasteiger partial charge on any atom is 0.289 e. The third-order valence-electron chi connectivity index (χ3n) is 3.24. The Balaban J connectivity index is 1.65. The van der Waals surface area contributed by atoms with E-state index in [1.165, 1.54) is 30.5 Å². The monoisotopic (exact) mass is 324 g/mol. The molecule has 24 heavy (non-hydrogen) atoms. The van der Waals surface area contributed by atoms with Crippen LogP contribution in [0.4, 0.5) is 4.39 Å². The number of aromatic amines is 1. The Kier molecular flexibility index (Phi) is 4.33. The highest BCUT2D eigenvalue weighted by molar-refractivity contribution is 5.94. The van der Waals surface area contributed by atoms with Crippen LogP contribution in [-0.4, -0.2) is 27.4 Å². The number of carbonyl (C=O) groups is 1. The number of carbonyl (C=O) groups excluding carboxylic acids is 1. The molecule has 3 rings (SSSR count). The van der Waals surface area contributed by atoms with E-state index in [0.29, 0.717) is 11.3 Å². The fourth-order valence-electron chi connectivity index (χ4n) is 1.99. The van der Waals surface area contributed by atoms with Crippen molar-refractivity contribution < 1.29 is 14.3 Å². The van der Waals surface area contributed by atoms with E-state index in [0.717, 1.165) is 5.56 Å². The summed E-state index contributed by atoms with van der Waals surface area (Å²) in [4.78, 5) is 12.0. The molecular formula is C17H13FN4O2. The van der Waals surface area contributed by atoms with Crippen molar-refractivity contribution in [3.8, 4) is 17.0 Å². The number of rotatable bonds is 4. The number of halogens is 1. The predicted molar refractivity (Wildman–Crippen MR) is 87.1 cm³/mol. The number of phenols is 1. The molecule has 7 heteroatoms. The first-order chi connectivity index (χ1) is 11.6. The van der Waals surface area contributed by atoms with Crippen LogP contribution < -0.4 is 5.43 Å². The lowest BCUT2D eigenvalue weighted by Crippen LogP contribution is -2.17. The van der Waals surface area contributed by atoms with Crippen molar-refractivity contribution in [1.82, 2.24) is 15.6 Å². The van der Waals surface area contributed by atoms with Crippen molar-refractivity contribution in [2.45, 2.75) is 0 Å². The van der Waals surface area contributed by atoms with Crippen LogP contribution in [0.5, 0.6) is 5.75 Å². The van der Waals surface area contributed by atoms with Crippen LogP contribution in [0.25, 0.3) is 11.3 Å². The molecular weight excluding hydrogens is 311 g/mol. The zero-order chi connectivity index (χ0) is 16.9. The van der Waals surface area contributed by atoms with Gasteiger partial charge in [-0.05, 0) is 60.2 Å². The standard InChI is InChI=1S/C17H13FN4O2/c18-13-5-3-12(4-6-13)15-9-16(21-20-15)17(24)22-19-10-11-1-7-14(23)8-2-11/h1-10,23H,(H,20,21)(H,22,24). The molecule has 1 amide bonds. The van der Waals surface area contributed by atoms with Crippen molar-refractivity contribution in [2.24, 2.45) is 5.10 Å². The number of amides is 1. The molecule has 0 atom stereocenters. The normalized spacial score (nSPS) is 10.9. The largest absolute Gasteiger partial charge is 0.508 e. The molecule has 1 heterocycles. The number of nitrogens with zero attached hydrogens (tertiary/aromatic N) is 2. The fourth-order valence-corrected chi connectivity index (χ4v) is 1.99. The molecule has 0 spiro atoms. The van der Waals surface area contributed by atoms with Gasteiger partial charge in [-0.25, -0.2) is 9.82 Å². The highest BCUT2D eigenvalue weighted by Crippen LogP contribution is 2.17. The minimum atomic E-state index is -0.453. The number of phenolic OH excluding ortho intramolecular Hbond substituents is 1. The van der Waals surface area contributed by atoms with Crippen LogP contribution in [0, 0.1) is 5.82 Å². The molecule has 0 aliphatic heterocycles. The Bertz CT molecular complexity index is 870. The third-order valence-corrected chi connectivity index (χ3v) is 3.24. The van der Waals surface area contributed by atoms with Crippen LogP contribution in [-0.2, 0) is 0 Å². The van der Waals surface area contributed by atoms with Crippen LogP contribution >= 0.6 is 0 Å².